The van der Waals surface area contributed by atoms with Crippen LogP contribution in [-0.2, 0) is 19.1 Å². The molecule has 0 radical (unpaired) electrons. The van der Waals surface area contributed by atoms with Gasteiger partial charge in [-0.25, -0.2) is 0 Å². The van der Waals surface area contributed by atoms with Crippen molar-refractivity contribution >= 4 is 11.9 Å². The fraction of sp³-hybridized carbons (Fsp3) is 0.677. The van der Waals surface area contributed by atoms with Crippen LogP contribution in [0.15, 0.2) is 48.6 Å². The van der Waals surface area contributed by atoms with E-state index in [9.17, 15) is 19.8 Å². The molecule has 0 fully saturated rings. The van der Waals surface area contributed by atoms with Gasteiger partial charge in [0.2, 0.25) is 0 Å². The van der Waals surface area contributed by atoms with Crippen LogP contribution in [0.2, 0.25) is 0 Å². The Morgan fingerprint density at radius 2 is 1.11 bits per heavy atom. The number of hydrogen-bond donors (Lipinski definition) is 2. The van der Waals surface area contributed by atoms with Crippen molar-refractivity contribution in [3.8, 4) is 0 Å². The van der Waals surface area contributed by atoms with Gasteiger partial charge in [-0.1, -0.05) is 88.1 Å². The maximum Gasteiger partial charge on any atom is 0.305 e. The SMILES string of the molecule is CCCCCCCC(=O)OC[C@@H](O)COC(=O)CCC/C=C\C/C=C\C/C=C\C/C=C\CC[C@@H](O)CC. The van der Waals surface area contributed by atoms with E-state index in [4.69, 9.17) is 9.47 Å². The number of aliphatic hydroxyl groups is 2. The molecule has 6 heteroatoms. The highest BCUT2D eigenvalue weighted by Crippen LogP contribution is 2.06. The molecule has 0 aromatic carbocycles. The Hall–Kier alpha value is -2.18. The molecule has 0 aliphatic rings. The topological polar surface area (TPSA) is 93.1 Å². The number of allylic oxidation sites excluding steroid dienone is 8. The van der Waals surface area contributed by atoms with Crippen LogP contribution in [-0.4, -0.2) is 47.6 Å². The van der Waals surface area contributed by atoms with E-state index in [1.54, 1.807) is 0 Å². The lowest BCUT2D eigenvalue weighted by molar-refractivity contribution is -0.152. The zero-order chi connectivity index (χ0) is 27.4. The predicted molar refractivity (Wildman–Crippen MR) is 151 cm³/mol. The normalized spacial score (nSPS) is 13.7. The molecule has 0 aliphatic heterocycles. The second kappa shape index (κ2) is 26.9. The molecular weight excluding hydrogens is 468 g/mol. The third kappa shape index (κ3) is 26.7. The molecule has 6 nitrogen and oxygen atoms in total. The molecule has 0 saturated carbocycles. The molecule has 0 bridgehead atoms. The minimum atomic E-state index is -0.989. The Bertz CT molecular complexity index is 665. The fourth-order valence-corrected chi connectivity index (χ4v) is 3.35. The van der Waals surface area contributed by atoms with Gasteiger partial charge < -0.3 is 19.7 Å². The highest BCUT2D eigenvalue weighted by Gasteiger charge is 2.11. The smallest absolute Gasteiger partial charge is 0.305 e. The van der Waals surface area contributed by atoms with Gasteiger partial charge in [0.15, 0.2) is 0 Å². The molecule has 0 aliphatic carbocycles. The van der Waals surface area contributed by atoms with Crippen molar-refractivity contribution in [1.82, 2.24) is 0 Å². The molecule has 212 valence electrons. The number of unbranched alkanes of at least 4 members (excludes halogenated alkanes) is 5. The first kappa shape index (κ1) is 34.8. The van der Waals surface area contributed by atoms with Crippen molar-refractivity contribution in [3.05, 3.63) is 48.6 Å². The molecule has 0 aromatic heterocycles. The van der Waals surface area contributed by atoms with Gasteiger partial charge in [0, 0.05) is 12.8 Å². The average Bonchev–Trinajstić information content (AvgIpc) is 2.90. The molecular formula is C31H52O6. The van der Waals surface area contributed by atoms with Gasteiger partial charge in [-0.05, 0) is 57.8 Å². The molecule has 0 rings (SSSR count). The van der Waals surface area contributed by atoms with Crippen LogP contribution in [0.4, 0.5) is 0 Å². The van der Waals surface area contributed by atoms with Gasteiger partial charge in [0.1, 0.15) is 19.3 Å². The second-order valence-corrected chi connectivity index (χ2v) is 9.31. The summed E-state index contributed by atoms with van der Waals surface area (Å²) in [5.41, 5.74) is 0. The Morgan fingerprint density at radius 3 is 1.65 bits per heavy atom. The predicted octanol–water partition coefficient (Wildman–Crippen LogP) is 6.91. The van der Waals surface area contributed by atoms with Crippen LogP contribution in [0.3, 0.4) is 0 Å². The highest BCUT2D eigenvalue weighted by atomic mass is 16.6. The summed E-state index contributed by atoms with van der Waals surface area (Å²) in [6, 6.07) is 0. The first-order chi connectivity index (χ1) is 18.0. The number of carbonyl (C=O) groups is 2. The summed E-state index contributed by atoms with van der Waals surface area (Å²) >= 11 is 0. The summed E-state index contributed by atoms with van der Waals surface area (Å²) in [4.78, 5) is 23.4. The minimum Gasteiger partial charge on any atom is -0.463 e. The van der Waals surface area contributed by atoms with Crippen molar-refractivity contribution in [2.45, 2.75) is 122 Å². The standard InChI is InChI=1S/C31H52O6/c1-3-5-6-17-21-24-30(34)36-26-29(33)27-37-31(35)25-22-19-16-14-12-10-8-7-9-11-13-15-18-20-23-28(32)4-2/h8-11,14-16,18,28-29,32-33H,3-7,12-13,17,19-27H2,1-2H3/b10-8-,11-9-,16-14-,18-15-/t28-,29+/m0/s1. The van der Waals surface area contributed by atoms with E-state index in [1.807, 2.05) is 6.92 Å². The van der Waals surface area contributed by atoms with Gasteiger partial charge in [-0.3, -0.25) is 9.59 Å². The van der Waals surface area contributed by atoms with Gasteiger partial charge in [-0.15, -0.1) is 0 Å². The van der Waals surface area contributed by atoms with Crippen molar-refractivity contribution < 1.29 is 29.3 Å². The van der Waals surface area contributed by atoms with E-state index in [1.165, 1.54) is 6.42 Å². The Labute approximate surface area is 225 Å². The Kier molecular flexibility index (Phi) is 25.3. The van der Waals surface area contributed by atoms with E-state index in [0.717, 1.165) is 70.6 Å². The summed E-state index contributed by atoms with van der Waals surface area (Å²) in [6.45, 7) is 3.84. The van der Waals surface area contributed by atoms with Crippen LogP contribution in [0, 0.1) is 0 Å². The lowest BCUT2D eigenvalue weighted by Gasteiger charge is -2.12. The minimum absolute atomic E-state index is 0.144. The zero-order valence-electron chi connectivity index (χ0n) is 23.3. The van der Waals surface area contributed by atoms with Crippen molar-refractivity contribution in [2.24, 2.45) is 0 Å². The number of carbonyl (C=O) groups excluding carboxylic acids is 2. The average molecular weight is 521 g/mol. The first-order valence-electron chi connectivity index (χ1n) is 14.3. The molecule has 0 unspecified atom stereocenters. The van der Waals surface area contributed by atoms with E-state index in [-0.39, 0.29) is 31.3 Å². The maximum atomic E-state index is 11.8. The lowest BCUT2D eigenvalue weighted by atomic mass is 10.1. The van der Waals surface area contributed by atoms with E-state index in [2.05, 4.69) is 55.5 Å². The van der Waals surface area contributed by atoms with Gasteiger partial charge in [-0.2, -0.15) is 0 Å². The molecule has 0 saturated heterocycles. The largest absolute Gasteiger partial charge is 0.463 e. The third-order valence-corrected chi connectivity index (χ3v) is 5.73. The van der Waals surface area contributed by atoms with Crippen LogP contribution in [0.5, 0.6) is 0 Å². The molecule has 2 N–H and O–H groups in total. The van der Waals surface area contributed by atoms with E-state index < -0.39 is 6.10 Å². The first-order valence-corrected chi connectivity index (χ1v) is 14.3. The summed E-state index contributed by atoms with van der Waals surface area (Å²) in [7, 11) is 0. The Balaban J connectivity index is 3.63. The third-order valence-electron chi connectivity index (χ3n) is 5.73. The van der Waals surface area contributed by atoms with Gasteiger partial charge in [0.05, 0.1) is 6.10 Å². The fourth-order valence-electron chi connectivity index (χ4n) is 3.35. The van der Waals surface area contributed by atoms with Crippen LogP contribution in [0.1, 0.15) is 110 Å². The number of aliphatic hydroxyl groups excluding tert-OH is 2. The van der Waals surface area contributed by atoms with Crippen molar-refractivity contribution in [3.63, 3.8) is 0 Å². The summed E-state index contributed by atoms with van der Waals surface area (Å²) < 4.78 is 10.1. The maximum absolute atomic E-state index is 11.8. The number of rotatable bonds is 24. The van der Waals surface area contributed by atoms with Gasteiger partial charge in [0.25, 0.3) is 0 Å². The quantitative estimate of drug-likeness (QED) is 0.0816. The molecule has 0 heterocycles. The highest BCUT2D eigenvalue weighted by molar-refractivity contribution is 5.69. The van der Waals surface area contributed by atoms with Crippen LogP contribution < -0.4 is 0 Å². The molecule has 0 amide bonds. The zero-order valence-corrected chi connectivity index (χ0v) is 23.3. The van der Waals surface area contributed by atoms with Crippen LogP contribution >= 0.6 is 0 Å². The van der Waals surface area contributed by atoms with Crippen molar-refractivity contribution in [2.75, 3.05) is 13.2 Å². The van der Waals surface area contributed by atoms with Crippen molar-refractivity contribution in [1.29, 1.82) is 0 Å². The van der Waals surface area contributed by atoms with Crippen LogP contribution in [0.25, 0.3) is 0 Å². The molecule has 0 spiro atoms. The summed E-state index contributed by atoms with van der Waals surface area (Å²) in [5, 5.41) is 19.3. The molecule has 0 aromatic rings. The summed E-state index contributed by atoms with van der Waals surface area (Å²) in [5.74, 6) is -0.668. The van der Waals surface area contributed by atoms with Gasteiger partial charge >= 0.3 is 11.9 Å². The monoisotopic (exact) mass is 520 g/mol. The lowest BCUT2D eigenvalue weighted by Crippen LogP contribution is -2.25. The number of hydrogen-bond acceptors (Lipinski definition) is 6. The molecule has 37 heavy (non-hydrogen) atoms. The second-order valence-electron chi connectivity index (χ2n) is 9.31. The summed E-state index contributed by atoms with van der Waals surface area (Å²) in [6.07, 6.45) is 28.5. The molecule has 2 atom stereocenters. The number of ether oxygens (including phenoxy) is 2. The number of esters is 2. The van der Waals surface area contributed by atoms with E-state index in [0.29, 0.717) is 19.3 Å². The van der Waals surface area contributed by atoms with E-state index >= 15 is 0 Å². The Morgan fingerprint density at radius 1 is 0.622 bits per heavy atom.